The molecule has 4 nitrogen and oxygen atoms in total. The van der Waals surface area contributed by atoms with Crippen molar-refractivity contribution < 1.29 is 19.7 Å². The molecule has 0 radical (unpaired) electrons. The largest absolute Gasteiger partial charge is 0.504 e. The van der Waals surface area contributed by atoms with Gasteiger partial charge in [0.05, 0.1) is 12.7 Å². The monoisotopic (exact) mass is 576 g/mol. The van der Waals surface area contributed by atoms with Crippen LogP contribution in [0.1, 0.15) is 129 Å². The molecule has 0 atom stereocenters. The van der Waals surface area contributed by atoms with Crippen LogP contribution < -0.4 is 4.74 Å². The molecule has 0 saturated heterocycles. The van der Waals surface area contributed by atoms with Gasteiger partial charge in [0.25, 0.3) is 0 Å². The Morgan fingerprint density at radius 3 is 1.38 bits per heavy atom. The summed E-state index contributed by atoms with van der Waals surface area (Å²) in [5, 5.41) is 19.7. The number of hydrogen-bond donors (Lipinski definition) is 2. The molecule has 0 unspecified atom stereocenters. The topological polar surface area (TPSA) is 66.8 Å². The highest BCUT2D eigenvalue weighted by Crippen LogP contribution is 2.32. The lowest BCUT2D eigenvalue weighted by molar-refractivity contribution is 0.0696. The molecule has 0 amide bonds. The predicted molar refractivity (Wildman–Crippen MR) is 180 cm³/mol. The smallest absolute Gasteiger partial charge is 0.335 e. The molecule has 1 aromatic carbocycles. The summed E-state index contributed by atoms with van der Waals surface area (Å²) in [5.41, 5.74) is 9.14. The maximum atomic E-state index is 11.4. The maximum absolute atomic E-state index is 11.4. The highest BCUT2D eigenvalue weighted by Gasteiger charge is 2.13. The Balaban J connectivity index is 2.40. The molecule has 0 aliphatic rings. The number of carboxylic acids is 1. The summed E-state index contributed by atoms with van der Waals surface area (Å²) in [6.45, 7) is 15.4. The van der Waals surface area contributed by atoms with Crippen molar-refractivity contribution in [3.05, 3.63) is 93.2 Å². The van der Waals surface area contributed by atoms with E-state index in [-0.39, 0.29) is 17.1 Å². The number of hydrogen-bond acceptors (Lipinski definition) is 3. The highest BCUT2D eigenvalue weighted by molar-refractivity contribution is 5.89. The number of benzene rings is 1. The van der Waals surface area contributed by atoms with Crippen molar-refractivity contribution in [2.75, 3.05) is 7.11 Å². The molecule has 0 heterocycles. The van der Waals surface area contributed by atoms with E-state index in [4.69, 9.17) is 4.74 Å². The van der Waals surface area contributed by atoms with Crippen molar-refractivity contribution >= 4 is 5.97 Å². The van der Waals surface area contributed by atoms with Crippen LogP contribution in [0.25, 0.3) is 0 Å². The lowest BCUT2D eigenvalue weighted by Gasteiger charge is -2.10. The van der Waals surface area contributed by atoms with Gasteiger partial charge >= 0.3 is 5.97 Å². The first kappa shape index (κ1) is 36.8. The number of methoxy groups -OCH3 is 1. The van der Waals surface area contributed by atoms with Crippen LogP contribution in [0.4, 0.5) is 0 Å². The zero-order valence-electron chi connectivity index (χ0n) is 27.6. The summed E-state index contributed by atoms with van der Waals surface area (Å²) in [4.78, 5) is 11.4. The van der Waals surface area contributed by atoms with Crippen LogP contribution >= 0.6 is 0 Å². The molecule has 1 aromatic rings. The molecule has 0 spiro atoms. The van der Waals surface area contributed by atoms with Crippen LogP contribution in [0.15, 0.2) is 82.0 Å². The van der Waals surface area contributed by atoms with E-state index >= 15 is 0 Å². The van der Waals surface area contributed by atoms with E-state index in [1.165, 1.54) is 59.1 Å². The molecule has 0 aliphatic heterocycles. The minimum Gasteiger partial charge on any atom is -0.504 e. The Labute approximate surface area is 256 Å². The van der Waals surface area contributed by atoms with E-state index in [1.54, 1.807) is 0 Å². The third kappa shape index (κ3) is 16.2. The highest BCUT2D eigenvalue weighted by atomic mass is 16.5. The van der Waals surface area contributed by atoms with E-state index in [1.807, 2.05) is 0 Å². The number of carboxylic acid groups (broad SMARTS) is 1. The second-order valence-corrected chi connectivity index (χ2v) is 11.9. The summed E-state index contributed by atoms with van der Waals surface area (Å²) >= 11 is 0. The first-order valence-electron chi connectivity index (χ1n) is 15.5. The van der Waals surface area contributed by atoms with Crippen molar-refractivity contribution in [3.63, 3.8) is 0 Å². The van der Waals surface area contributed by atoms with Gasteiger partial charge in [0.2, 0.25) is 0 Å². The third-order valence-electron chi connectivity index (χ3n) is 7.51. The minimum atomic E-state index is -1.04. The van der Waals surface area contributed by atoms with Gasteiger partial charge in [-0.15, -0.1) is 0 Å². The third-order valence-corrected chi connectivity index (χ3v) is 7.51. The van der Waals surface area contributed by atoms with E-state index in [2.05, 4.69) is 84.9 Å². The molecule has 1 rings (SSSR count). The van der Waals surface area contributed by atoms with Crippen molar-refractivity contribution in [2.45, 2.75) is 119 Å². The molecular formula is C38H56O4. The summed E-state index contributed by atoms with van der Waals surface area (Å²) < 4.78 is 5.13. The van der Waals surface area contributed by atoms with E-state index in [9.17, 15) is 15.0 Å². The number of aromatic hydroxyl groups is 1. The fourth-order valence-electron chi connectivity index (χ4n) is 4.67. The zero-order chi connectivity index (χ0) is 31.5. The number of aromatic carboxylic acids is 1. The summed E-state index contributed by atoms with van der Waals surface area (Å²) in [6, 6.07) is 2.85. The molecule has 0 bridgehead atoms. The van der Waals surface area contributed by atoms with Gasteiger partial charge in [0.15, 0.2) is 11.5 Å². The number of carbonyl (C=O) groups is 1. The van der Waals surface area contributed by atoms with E-state index in [0.717, 1.165) is 57.8 Å². The van der Waals surface area contributed by atoms with Crippen molar-refractivity contribution in [1.82, 2.24) is 0 Å². The van der Waals surface area contributed by atoms with Crippen LogP contribution in [0.5, 0.6) is 11.5 Å². The molecular weight excluding hydrogens is 520 g/mol. The number of phenolic OH excluding ortho intramolecular Hbond substituents is 1. The van der Waals surface area contributed by atoms with Crippen LogP contribution in [0, 0.1) is 0 Å². The SMILES string of the molecule is COc1cc(C(=O)O)cc(CC=C(C)CCC=C(C)CCC=C(C)CCC=C(C)CCC=C(C)CCC=C(C)C)c1O. The molecule has 42 heavy (non-hydrogen) atoms. The zero-order valence-corrected chi connectivity index (χ0v) is 27.6. The van der Waals surface area contributed by atoms with Gasteiger partial charge < -0.3 is 14.9 Å². The molecule has 0 aliphatic carbocycles. The number of ether oxygens (including phenoxy) is 1. The average molecular weight is 577 g/mol. The number of allylic oxidation sites excluding steroid dienone is 12. The molecule has 232 valence electrons. The predicted octanol–water partition coefficient (Wildman–Crippen LogP) is 11.2. The maximum Gasteiger partial charge on any atom is 0.335 e. The normalized spacial score (nSPS) is 13.4. The summed E-state index contributed by atoms with van der Waals surface area (Å²) in [7, 11) is 1.42. The second-order valence-electron chi connectivity index (χ2n) is 11.9. The van der Waals surface area contributed by atoms with Gasteiger partial charge in [-0.25, -0.2) is 4.79 Å². The van der Waals surface area contributed by atoms with Gasteiger partial charge in [0, 0.05) is 5.56 Å². The fourth-order valence-corrected chi connectivity index (χ4v) is 4.67. The molecule has 4 heteroatoms. The Bertz CT molecular complexity index is 1180. The Morgan fingerprint density at radius 2 is 1.02 bits per heavy atom. The fraction of sp³-hybridized carbons (Fsp3) is 0.500. The van der Waals surface area contributed by atoms with Gasteiger partial charge in [-0.1, -0.05) is 69.9 Å². The number of phenols is 1. The first-order valence-corrected chi connectivity index (χ1v) is 15.5. The van der Waals surface area contributed by atoms with Gasteiger partial charge in [-0.2, -0.15) is 0 Å². The minimum absolute atomic E-state index is 0.000956. The van der Waals surface area contributed by atoms with Crippen molar-refractivity contribution in [2.24, 2.45) is 0 Å². The van der Waals surface area contributed by atoms with Gasteiger partial charge in [-0.3, -0.25) is 0 Å². The molecule has 2 N–H and O–H groups in total. The molecule has 0 fully saturated rings. The quantitative estimate of drug-likeness (QED) is 0.161. The Hall–Kier alpha value is -3.27. The van der Waals surface area contributed by atoms with Crippen LogP contribution in [-0.4, -0.2) is 23.3 Å². The van der Waals surface area contributed by atoms with E-state index in [0.29, 0.717) is 12.0 Å². The van der Waals surface area contributed by atoms with Gasteiger partial charge in [-0.05, 0) is 131 Å². The first-order chi connectivity index (χ1) is 19.9. The number of rotatable bonds is 19. The molecule has 0 saturated carbocycles. The summed E-state index contributed by atoms with van der Waals surface area (Å²) in [5.74, 6) is -0.852. The average Bonchev–Trinajstić information content (AvgIpc) is 2.92. The molecule has 0 aromatic heterocycles. The summed E-state index contributed by atoms with van der Waals surface area (Å²) in [6.07, 6.45) is 25.2. The lowest BCUT2D eigenvalue weighted by atomic mass is 10.0. The van der Waals surface area contributed by atoms with Crippen molar-refractivity contribution in [1.29, 1.82) is 0 Å². The standard InChI is InChI=1S/C38H56O4/c1-28(2)14-9-15-29(3)16-10-17-30(4)18-11-19-31(5)20-12-21-32(6)22-13-23-33(7)24-25-34-26-35(38(40)41)27-36(42-8)37(34)39/h14,16,18,20,22,24,26-27,39H,9-13,15,17,19,21,23,25H2,1-8H3,(H,40,41). The lowest BCUT2D eigenvalue weighted by Crippen LogP contribution is -2.00. The van der Waals surface area contributed by atoms with E-state index < -0.39 is 5.97 Å². The van der Waals surface area contributed by atoms with Crippen LogP contribution in [-0.2, 0) is 6.42 Å². The van der Waals surface area contributed by atoms with Gasteiger partial charge in [0.1, 0.15) is 0 Å². The van der Waals surface area contributed by atoms with Crippen LogP contribution in [0.3, 0.4) is 0 Å². The Morgan fingerprint density at radius 1 is 0.643 bits per heavy atom. The van der Waals surface area contributed by atoms with Crippen molar-refractivity contribution in [3.8, 4) is 11.5 Å². The Kier molecular flexibility index (Phi) is 18.0. The second kappa shape index (κ2) is 20.6. The van der Waals surface area contributed by atoms with Crippen LogP contribution in [0.2, 0.25) is 0 Å².